The number of dihydropyridines is 1. The molecule has 0 spiro atoms. The first-order valence-corrected chi connectivity index (χ1v) is 10.5. The number of ether oxygens (including phenoxy) is 1. The Labute approximate surface area is 182 Å². The van der Waals surface area contributed by atoms with Crippen LogP contribution in [0.1, 0.15) is 42.0 Å². The Balaban J connectivity index is 1.87. The minimum Gasteiger partial charge on any atom is -0.502 e. The molecule has 2 atom stereocenters. The number of hydrogen-bond donors (Lipinski definition) is 2. The van der Waals surface area contributed by atoms with Gasteiger partial charge in [0.2, 0.25) is 0 Å². The van der Waals surface area contributed by atoms with E-state index in [1.807, 2.05) is 17.5 Å². The molecule has 0 radical (unpaired) electrons. The second kappa shape index (κ2) is 7.99. The zero-order chi connectivity index (χ0) is 22.3. The van der Waals surface area contributed by atoms with Gasteiger partial charge in [0.15, 0.2) is 11.5 Å². The van der Waals surface area contributed by atoms with Crippen molar-refractivity contribution in [3.8, 4) is 5.75 Å². The van der Waals surface area contributed by atoms with Crippen molar-refractivity contribution in [2.45, 2.75) is 31.6 Å². The molecule has 1 aromatic heterocycles. The summed E-state index contributed by atoms with van der Waals surface area (Å²) in [6.45, 7) is 1.72. The van der Waals surface area contributed by atoms with Gasteiger partial charge in [-0.15, -0.1) is 11.3 Å². The molecule has 1 aliphatic heterocycles. The molecule has 4 rings (SSSR count). The van der Waals surface area contributed by atoms with Gasteiger partial charge >= 0.3 is 11.7 Å². The topological polar surface area (TPSA) is 119 Å². The first-order chi connectivity index (χ1) is 14.8. The Morgan fingerprint density at radius 3 is 2.74 bits per heavy atom. The molecule has 160 valence electrons. The van der Waals surface area contributed by atoms with Gasteiger partial charge in [0.25, 0.3) is 0 Å². The molecule has 2 heterocycles. The Bertz CT molecular complexity index is 1150. The maximum absolute atomic E-state index is 13.3. The van der Waals surface area contributed by atoms with Gasteiger partial charge in [-0.3, -0.25) is 14.9 Å². The number of Topliss-reactive ketones (excluding diaryl/α,β-unsaturated/α-hetero) is 1. The number of benzene rings is 1. The van der Waals surface area contributed by atoms with Crippen LogP contribution in [0.15, 0.2) is 58.3 Å². The number of methoxy groups -OCH3 is 1. The number of carbonyl (C=O) groups excluding carboxylic acids is 2. The summed E-state index contributed by atoms with van der Waals surface area (Å²) >= 11 is 1.59. The highest BCUT2D eigenvalue weighted by atomic mass is 32.1. The van der Waals surface area contributed by atoms with Crippen molar-refractivity contribution in [3.63, 3.8) is 0 Å². The van der Waals surface area contributed by atoms with E-state index in [9.17, 15) is 24.8 Å². The predicted molar refractivity (Wildman–Crippen MR) is 114 cm³/mol. The van der Waals surface area contributed by atoms with E-state index in [4.69, 9.17) is 4.74 Å². The molecule has 1 aliphatic carbocycles. The predicted octanol–water partition coefficient (Wildman–Crippen LogP) is 3.90. The largest absolute Gasteiger partial charge is 0.502 e. The van der Waals surface area contributed by atoms with E-state index in [1.165, 1.54) is 25.3 Å². The number of nitrogens with one attached hydrogen (secondary N) is 1. The van der Waals surface area contributed by atoms with Crippen LogP contribution < -0.4 is 5.32 Å². The third-order valence-corrected chi connectivity index (χ3v) is 6.74. The molecule has 2 aromatic rings. The van der Waals surface area contributed by atoms with E-state index in [0.717, 1.165) is 4.88 Å². The molecule has 0 saturated carbocycles. The molecule has 0 amide bonds. The zero-order valence-corrected chi connectivity index (χ0v) is 17.7. The highest BCUT2D eigenvalue weighted by Gasteiger charge is 2.42. The molecular formula is C22H20N2O6S. The summed E-state index contributed by atoms with van der Waals surface area (Å²) in [4.78, 5) is 37.7. The van der Waals surface area contributed by atoms with Gasteiger partial charge in [0, 0.05) is 46.2 Å². The lowest BCUT2D eigenvalue weighted by Crippen LogP contribution is -2.35. The molecule has 8 nitrogen and oxygen atoms in total. The molecule has 1 aromatic carbocycles. The number of nitro groups is 1. The number of allylic oxidation sites excluding steroid dienone is 3. The van der Waals surface area contributed by atoms with Crippen molar-refractivity contribution in [2.75, 3.05) is 7.11 Å². The third kappa shape index (κ3) is 3.61. The van der Waals surface area contributed by atoms with Gasteiger partial charge in [-0.25, -0.2) is 4.79 Å². The average molecular weight is 440 g/mol. The fourth-order valence-corrected chi connectivity index (χ4v) is 5.17. The number of thiophene rings is 1. The number of ketones is 1. The number of phenolic OH excluding ortho intramolecular Hbond substituents is 1. The van der Waals surface area contributed by atoms with Crippen molar-refractivity contribution in [1.82, 2.24) is 5.32 Å². The second-order valence-corrected chi connectivity index (χ2v) is 8.51. The van der Waals surface area contributed by atoms with Crippen LogP contribution >= 0.6 is 11.3 Å². The van der Waals surface area contributed by atoms with E-state index in [0.29, 0.717) is 29.0 Å². The third-order valence-electron chi connectivity index (χ3n) is 5.71. The molecule has 0 unspecified atom stereocenters. The average Bonchev–Trinajstić information content (AvgIpc) is 3.27. The van der Waals surface area contributed by atoms with Gasteiger partial charge in [0.05, 0.1) is 17.6 Å². The maximum atomic E-state index is 13.3. The van der Waals surface area contributed by atoms with E-state index in [-0.39, 0.29) is 23.7 Å². The lowest BCUT2D eigenvalue weighted by Gasteiger charge is -2.36. The maximum Gasteiger partial charge on any atom is 0.336 e. The minimum atomic E-state index is -0.820. The molecule has 31 heavy (non-hydrogen) atoms. The molecule has 0 fully saturated rings. The Kier molecular flexibility index (Phi) is 5.36. The Hall–Kier alpha value is -3.46. The van der Waals surface area contributed by atoms with Gasteiger partial charge in [-0.2, -0.15) is 0 Å². The minimum absolute atomic E-state index is 0.0287. The summed E-state index contributed by atoms with van der Waals surface area (Å²) in [6.07, 6.45) is 0.870. The molecule has 2 N–H and O–H groups in total. The normalized spacial score (nSPS) is 20.9. The number of esters is 1. The van der Waals surface area contributed by atoms with Crippen molar-refractivity contribution in [3.05, 3.63) is 78.8 Å². The first kappa shape index (κ1) is 20.8. The van der Waals surface area contributed by atoms with E-state index in [1.54, 1.807) is 18.3 Å². The summed E-state index contributed by atoms with van der Waals surface area (Å²) in [5, 5.41) is 26.4. The number of nitro benzene ring substituents is 1. The molecule has 2 aliphatic rings. The first-order valence-electron chi connectivity index (χ1n) is 9.64. The zero-order valence-electron chi connectivity index (χ0n) is 16.9. The van der Waals surface area contributed by atoms with Crippen molar-refractivity contribution in [2.24, 2.45) is 0 Å². The molecule has 9 heteroatoms. The lowest BCUT2D eigenvalue weighted by atomic mass is 9.72. The van der Waals surface area contributed by atoms with Crippen LogP contribution in [-0.4, -0.2) is 28.9 Å². The summed E-state index contributed by atoms with van der Waals surface area (Å²) in [6, 6.07) is 7.87. The van der Waals surface area contributed by atoms with E-state index in [2.05, 4.69) is 5.32 Å². The number of phenols is 1. The monoisotopic (exact) mass is 440 g/mol. The summed E-state index contributed by atoms with van der Waals surface area (Å²) in [5.74, 6) is -2.02. The lowest BCUT2D eigenvalue weighted by molar-refractivity contribution is -0.385. The van der Waals surface area contributed by atoms with Gasteiger partial charge in [-0.05, 0) is 36.4 Å². The van der Waals surface area contributed by atoms with Crippen LogP contribution in [0, 0.1) is 10.1 Å². The fourth-order valence-electron chi connectivity index (χ4n) is 4.34. The number of carbonyl (C=O) groups is 2. The molecule has 0 bridgehead atoms. The van der Waals surface area contributed by atoms with Crippen LogP contribution in [0.4, 0.5) is 5.69 Å². The van der Waals surface area contributed by atoms with Crippen LogP contribution in [0.3, 0.4) is 0 Å². The fraction of sp³-hybridized carbons (Fsp3) is 0.273. The Morgan fingerprint density at radius 1 is 1.32 bits per heavy atom. The van der Waals surface area contributed by atoms with Gasteiger partial charge < -0.3 is 15.2 Å². The van der Waals surface area contributed by atoms with Crippen LogP contribution in [0.5, 0.6) is 5.75 Å². The van der Waals surface area contributed by atoms with E-state index < -0.39 is 28.2 Å². The van der Waals surface area contributed by atoms with E-state index >= 15 is 0 Å². The smallest absolute Gasteiger partial charge is 0.336 e. The summed E-state index contributed by atoms with van der Waals surface area (Å²) in [5.41, 5.74) is 1.77. The van der Waals surface area contributed by atoms with Crippen LogP contribution in [-0.2, 0) is 14.3 Å². The standard InChI is InChI=1S/C22H20N2O6S/c1-11-19(22(27)30-2)20(12-5-6-16(25)15(9-12)24(28)29)21-14(23-11)8-13(10-17(21)26)18-4-3-7-31-18/h3-7,9,13,20,23,25H,8,10H2,1-2H3/t13-,20-/m0/s1. The SMILES string of the molecule is COC(=O)C1=C(C)NC2=C(C(=O)C[C@@H](c3cccs3)C2)[C@H]1c1ccc(O)c([N+](=O)[O-])c1. The number of aromatic hydroxyl groups is 1. The van der Waals surface area contributed by atoms with Crippen LogP contribution in [0.2, 0.25) is 0 Å². The van der Waals surface area contributed by atoms with Gasteiger partial charge in [0.1, 0.15) is 0 Å². The van der Waals surface area contributed by atoms with Crippen molar-refractivity contribution < 1.29 is 24.4 Å². The van der Waals surface area contributed by atoms with Crippen molar-refractivity contribution in [1.29, 1.82) is 0 Å². The quantitative estimate of drug-likeness (QED) is 0.420. The number of nitrogens with zero attached hydrogens (tertiary/aromatic N) is 1. The van der Waals surface area contributed by atoms with Gasteiger partial charge in [-0.1, -0.05) is 12.1 Å². The summed E-state index contributed by atoms with van der Waals surface area (Å²) < 4.78 is 4.96. The molecular weight excluding hydrogens is 420 g/mol. The molecule has 0 saturated heterocycles. The van der Waals surface area contributed by atoms with Crippen LogP contribution in [0.25, 0.3) is 0 Å². The second-order valence-electron chi connectivity index (χ2n) is 7.53. The highest BCUT2D eigenvalue weighted by molar-refractivity contribution is 7.10. The Morgan fingerprint density at radius 2 is 2.10 bits per heavy atom. The highest BCUT2D eigenvalue weighted by Crippen LogP contribution is 2.47. The van der Waals surface area contributed by atoms with Crippen molar-refractivity contribution >= 4 is 28.8 Å². The number of hydrogen-bond acceptors (Lipinski definition) is 8. The number of rotatable bonds is 4. The summed E-state index contributed by atoms with van der Waals surface area (Å²) in [7, 11) is 1.25.